The van der Waals surface area contributed by atoms with E-state index in [2.05, 4.69) is 21.3 Å². The summed E-state index contributed by atoms with van der Waals surface area (Å²) in [5, 5.41) is 10.6. The van der Waals surface area contributed by atoms with Crippen LogP contribution in [0.2, 0.25) is 0 Å². The maximum Gasteiger partial charge on any atom is 0.407 e. The number of rotatable bonds is 18. The second-order valence-electron chi connectivity index (χ2n) is 14.5. The van der Waals surface area contributed by atoms with E-state index in [1.165, 1.54) is 0 Å². The standard InChI is InChI=1S/C23H37N3O5.C17H23Cl2N3O3/c1-8-17-9-11-18(12-10-17)19(27)26(15-13-24-20(28)30-22(2,3)4)16-14-25-21(29)31-23(5,6)7;1-2-13-3-5-14(6-4-13)17(25)22(9-7-20-15(23)11-18)10-8-21-16(24)12-19/h9-12H,8,13-16H2,1-7H3,(H,24,28)(H,25,29);3-6H,2,7-12H2,1H3,(H,20,23)(H,21,24). The minimum Gasteiger partial charge on any atom is -0.444 e. The highest BCUT2D eigenvalue weighted by atomic mass is 35.5. The van der Waals surface area contributed by atoms with Gasteiger partial charge in [0.2, 0.25) is 11.8 Å². The van der Waals surface area contributed by atoms with E-state index in [9.17, 15) is 28.8 Å². The minimum atomic E-state index is -0.599. The molecule has 0 heterocycles. The summed E-state index contributed by atoms with van der Waals surface area (Å²) in [6.07, 6.45) is 0.698. The maximum absolute atomic E-state index is 13.0. The van der Waals surface area contributed by atoms with Crippen molar-refractivity contribution < 1.29 is 38.2 Å². The highest BCUT2D eigenvalue weighted by molar-refractivity contribution is 6.27. The molecule has 4 N–H and O–H groups in total. The molecule has 0 saturated carbocycles. The molecule has 0 atom stereocenters. The molecule has 16 heteroatoms. The van der Waals surface area contributed by atoms with Crippen molar-refractivity contribution in [3.05, 3.63) is 70.8 Å². The first-order valence-corrected chi connectivity index (χ1v) is 19.7. The lowest BCUT2D eigenvalue weighted by atomic mass is 10.1. The van der Waals surface area contributed by atoms with E-state index < -0.39 is 23.4 Å². The average Bonchev–Trinajstić information content (AvgIpc) is 3.14. The van der Waals surface area contributed by atoms with Crippen molar-refractivity contribution in [1.82, 2.24) is 31.1 Å². The second-order valence-corrected chi connectivity index (χ2v) is 15.0. The number of nitrogens with zero attached hydrogens (tertiary/aromatic N) is 2. The number of alkyl carbamates (subject to hydrolysis) is 2. The summed E-state index contributed by atoms with van der Waals surface area (Å²) < 4.78 is 10.4. The predicted molar refractivity (Wildman–Crippen MR) is 219 cm³/mol. The number of benzene rings is 2. The lowest BCUT2D eigenvalue weighted by Crippen LogP contribution is -2.44. The van der Waals surface area contributed by atoms with Crippen molar-refractivity contribution in [3.8, 4) is 0 Å². The molecule has 2 aromatic carbocycles. The summed E-state index contributed by atoms with van der Waals surface area (Å²) in [5.74, 6) is -1.19. The van der Waals surface area contributed by atoms with Crippen LogP contribution in [0.25, 0.3) is 0 Å². The summed E-state index contributed by atoms with van der Waals surface area (Å²) in [4.78, 5) is 75.0. The number of ether oxygens (including phenoxy) is 2. The Bertz CT molecular complexity index is 1490. The van der Waals surface area contributed by atoms with Gasteiger partial charge >= 0.3 is 12.2 Å². The van der Waals surface area contributed by atoms with E-state index in [4.69, 9.17) is 32.7 Å². The van der Waals surface area contributed by atoms with Crippen LogP contribution < -0.4 is 21.3 Å². The molecule has 0 aliphatic rings. The summed E-state index contributed by atoms with van der Waals surface area (Å²) in [6, 6.07) is 14.8. The molecule has 0 unspecified atom stereocenters. The van der Waals surface area contributed by atoms with Crippen LogP contribution in [0.1, 0.15) is 87.2 Å². The van der Waals surface area contributed by atoms with E-state index >= 15 is 0 Å². The first kappa shape index (κ1) is 49.5. The summed E-state index contributed by atoms with van der Waals surface area (Å²) in [6.45, 7) is 17.0. The molecule has 14 nitrogen and oxygen atoms in total. The van der Waals surface area contributed by atoms with Gasteiger partial charge in [-0.1, -0.05) is 38.1 Å². The first-order valence-electron chi connectivity index (χ1n) is 18.7. The van der Waals surface area contributed by atoms with Gasteiger partial charge in [-0.2, -0.15) is 0 Å². The molecule has 0 aromatic heterocycles. The van der Waals surface area contributed by atoms with Gasteiger partial charge in [-0.3, -0.25) is 19.2 Å². The van der Waals surface area contributed by atoms with Crippen molar-refractivity contribution in [2.24, 2.45) is 0 Å². The highest BCUT2D eigenvalue weighted by Gasteiger charge is 2.21. The van der Waals surface area contributed by atoms with Crippen molar-refractivity contribution >= 4 is 59.0 Å². The Morgan fingerprint density at radius 3 is 1.05 bits per heavy atom. The molecular weight excluding hydrogens is 763 g/mol. The molecule has 312 valence electrons. The van der Waals surface area contributed by atoms with E-state index in [1.54, 1.807) is 75.6 Å². The fraction of sp³-hybridized carbons (Fsp3) is 0.550. The normalized spacial score (nSPS) is 10.9. The number of nitrogens with one attached hydrogen (secondary N) is 4. The number of hydrogen-bond donors (Lipinski definition) is 4. The Morgan fingerprint density at radius 2 is 0.804 bits per heavy atom. The Balaban J connectivity index is 0.000000573. The number of halogens is 2. The third kappa shape index (κ3) is 21.5. The summed E-state index contributed by atoms with van der Waals surface area (Å²) in [5.41, 5.74) is 2.19. The molecule has 2 rings (SSSR count). The van der Waals surface area contributed by atoms with E-state index in [0.717, 1.165) is 24.0 Å². The van der Waals surface area contributed by atoms with Crippen LogP contribution >= 0.6 is 23.2 Å². The van der Waals surface area contributed by atoms with Crippen LogP contribution in [0.15, 0.2) is 48.5 Å². The molecule has 6 amide bonds. The predicted octanol–water partition coefficient (Wildman–Crippen LogP) is 5.14. The van der Waals surface area contributed by atoms with E-state index in [-0.39, 0.29) is 74.7 Å². The maximum atomic E-state index is 13.0. The van der Waals surface area contributed by atoms with Crippen LogP contribution in [-0.4, -0.2) is 121 Å². The lowest BCUT2D eigenvalue weighted by Gasteiger charge is -2.25. The van der Waals surface area contributed by atoms with Crippen LogP contribution in [0.4, 0.5) is 9.59 Å². The van der Waals surface area contributed by atoms with E-state index in [0.29, 0.717) is 24.2 Å². The van der Waals surface area contributed by atoms with Gasteiger partial charge in [0.25, 0.3) is 11.8 Å². The fourth-order valence-corrected chi connectivity index (χ4v) is 4.92. The van der Waals surface area contributed by atoms with Crippen molar-refractivity contribution in [2.45, 2.75) is 79.4 Å². The minimum absolute atomic E-state index is 0.127. The van der Waals surface area contributed by atoms with Gasteiger partial charge in [-0.15, -0.1) is 23.2 Å². The molecule has 0 fully saturated rings. The van der Waals surface area contributed by atoms with Crippen LogP contribution in [-0.2, 0) is 31.9 Å². The average molecular weight is 824 g/mol. The zero-order valence-electron chi connectivity index (χ0n) is 34.0. The van der Waals surface area contributed by atoms with Gasteiger partial charge in [-0.25, -0.2) is 9.59 Å². The highest BCUT2D eigenvalue weighted by Crippen LogP contribution is 2.11. The van der Waals surface area contributed by atoms with Gasteiger partial charge < -0.3 is 40.5 Å². The molecule has 0 saturated heterocycles. The number of amides is 6. The largest absolute Gasteiger partial charge is 0.444 e. The molecular formula is C40H60Cl2N6O8. The van der Waals surface area contributed by atoms with E-state index in [1.807, 2.05) is 38.1 Å². The van der Waals surface area contributed by atoms with Gasteiger partial charge in [0.1, 0.15) is 23.0 Å². The smallest absolute Gasteiger partial charge is 0.407 e. The fourth-order valence-electron chi connectivity index (χ4n) is 4.73. The second kappa shape index (κ2) is 25.6. The Morgan fingerprint density at radius 1 is 0.518 bits per heavy atom. The number of carbonyl (C=O) groups excluding carboxylic acids is 6. The third-order valence-electron chi connectivity index (χ3n) is 7.54. The quantitative estimate of drug-likeness (QED) is 0.150. The summed E-state index contributed by atoms with van der Waals surface area (Å²) in [7, 11) is 0. The van der Waals surface area contributed by atoms with Crippen LogP contribution in [0, 0.1) is 0 Å². The van der Waals surface area contributed by atoms with Gasteiger partial charge in [0.05, 0.1) is 0 Å². The van der Waals surface area contributed by atoms with Crippen LogP contribution in [0.5, 0.6) is 0 Å². The lowest BCUT2D eigenvalue weighted by molar-refractivity contribution is -0.119. The number of alkyl halides is 2. The molecule has 0 radical (unpaired) electrons. The molecule has 0 aliphatic carbocycles. The first-order chi connectivity index (χ1) is 26.3. The van der Waals surface area contributed by atoms with Gasteiger partial charge in [-0.05, 0) is 89.8 Å². The third-order valence-corrected chi connectivity index (χ3v) is 8.03. The summed E-state index contributed by atoms with van der Waals surface area (Å²) >= 11 is 10.9. The topological polar surface area (TPSA) is 175 Å². The molecule has 0 spiro atoms. The number of aryl methyl sites for hydroxylation is 2. The molecule has 0 bridgehead atoms. The van der Waals surface area contributed by atoms with Crippen molar-refractivity contribution in [2.75, 3.05) is 64.1 Å². The van der Waals surface area contributed by atoms with Crippen LogP contribution in [0.3, 0.4) is 0 Å². The molecule has 2 aromatic rings. The zero-order chi connectivity index (χ0) is 42.3. The molecule has 56 heavy (non-hydrogen) atoms. The monoisotopic (exact) mass is 822 g/mol. The van der Waals surface area contributed by atoms with Gasteiger partial charge in [0.15, 0.2) is 0 Å². The molecule has 0 aliphatic heterocycles. The Hall–Kier alpha value is -4.56. The zero-order valence-corrected chi connectivity index (χ0v) is 35.5. The number of carbonyl (C=O) groups is 6. The SMILES string of the molecule is CCc1ccc(C(=O)N(CCNC(=O)CCl)CCNC(=O)CCl)cc1.CCc1ccc(C(=O)N(CCNC(=O)OC(C)(C)C)CCNC(=O)OC(C)(C)C)cc1. The number of hydrogen-bond acceptors (Lipinski definition) is 8. The van der Waals surface area contributed by atoms with Gasteiger partial charge in [0, 0.05) is 63.5 Å². The Kier molecular flexibility index (Phi) is 22.6. The van der Waals surface area contributed by atoms with Crippen molar-refractivity contribution in [3.63, 3.8) is 0 Å². The Labute approximate surface area is 341 Å². The van der Waals surface area contributed by atoms with Crippen molar-refractivity contribution in [1.29, 1.82) is 0 Å².